The van der Waals surface area contributed by atoms with Gasteiger partial charge >= 0.3 is 5.97 Å². The van der Waals surface area contributed by atoms with Crippen LogP contribution in [-0.4, -0.2) is 34.2 Å². The molecule has 1 aromatic carbocycles. The number of phenolic OH excluding ortho intramolecular Hbond substituents is 1. The zero-order valence-corrected chi connectivity index (χ0v) is 16.0. The van der Waals surface area contributed by atoms with Crippen LogP contribution in [0.15, 0.2) is 11.6 Å². The molecule has 0 saturated carbocycles. The predicted molar refractivity (Wildman–Crippen MR) is 97.2 cm³/mol. The lowest BCUT2D eigenvalue weighted by Crippen LogP contribution is -2.32. The van der Waals surface area contributed by atoms with E-state index < -0.39 is 11.8 Å². The van der Waals surface area contributed by atoms with E-state index >= 15 is 0 Å². The van der Waals surface area contributed by atoms with Crippen molar-refractivity contribution in [2.45, 2.75) is 59.4 Å². The number of carbonyl (C=O) groups excluding carboxylic acids is 1. The molecule has 1 aliphatic heterocycles. The number of carbonyl (C=O) groups is 1. The van der Waals surface area contributed by atoms with E-state index in [0.29, 0.717) is 36.1 Å². The van der Waals surface area contributed by atoms with Crippen LogP contribution in [0.1, 0.15) is 60.7 Å². The minimum Gasteiger partial charge on any atom is -0.507 e. The van der Waals surface area contributed by atoms with Gasteiger partial charge in [0.2, 0.25) is 0 Å². The van der Waals surface area contributed by atoms with Gasteiger partial charge in [0.05, 0.1) is 7.11 Å². The molecule has 0 bridgehead atoms. The summed E-state index contributed by atoms with van der Waals surface area (Å²) in [5, 5.41) is 30.1. The third kappa shape index (κ3) is 3.57. The first kappa shape index (κ1) is 20.3. The molecule has 2 aliphatic rings. The Morgan fingerprint density at radius 2 is 2.00 bits per heavy atom. The number of fused-ring (bicyclic) bond motifs is 1. The third-order valence-corrected chi connectivity index (χ3v) is 5.02. The summed E-state index contributed by atoms with van der Waals surface area (Å²) in [4.78, 5) is 11.9. The van der Waals surface area contributed by atoms with Gasteiger partial charge < -0.3 is 24.8 Å². The number of allylic oxidation sites excluding steroid dienone is 2. The van der Waals surface area contributed by atoms with Crippen molar-refractivity contribution >= 4 is 5.97 Å². The van der Waals surface area contributed by atoms with Crippen LogP contribution in [0.3, 0.4) is 0 Å². The molecule has 1 unspecified atom stereocenters. The van der Waals surface area contributed by atoms with Crippen molar-refractivity contribution in [3.63, 3.8) is 0 Å². The zero-order chi connectivity index (χ0) is 19.6. The molecule has 0 aromatic heterocycles. The van der Waals surface area contributed by atoms with Crippen molar-refractivity contribution < 1.29 is 29.6 Å². The van der Waals surface area contributed by atoms with Gasteiger partial charge in [-0.1, -0.05) is 25.5 Å². The second-order valence-electron chi connectivity index (χ2n) is 6.69. The Bertz CT molecular complexity index is 727. The lowest BCUT2D eigenvalue weighted by molar-refractivity contribution is -0.182. The summed E-state index contributed by atoms with van der Waals surface area (Å²) in [6.45, 7) is 7.36. The van der Waals surface area contributed by atoms with Gasteiger partial charge in [0.1, 0.15) is 23.7 Å². The van der Waals surface area contributed by atoms with Crippen LogP contribution in [0.4, 0.5) is 0 Å². The summed E-state index contributed by atoms with van der Waals surface area (Å²) in [5.41, 5.74) is 3.18. The fourth-order valence-corrected chi connectivity index (χ4v) is 3.58. The Morgan fingerprint density at radius 3 is 2.54 bits per heavy atom. The number of esters is 1. The molecule has 0 fully saturated rings. The molecule has 0 spiro atoms. The molecular formula is C20H28O6. The van der Waals surface area contributed by atoms with E-state index in [1.54, 1.807) is 0 Å². The Morgan fingerprint density at radius 1 is 1.35 bits per heavy atom. The highest BCUT2D eigenvalue weighted by Gasteiger charge is 2.35. The summed E-state index contributed by atoms with van der Waals surface area (Å²) in [5.74, 6) is -2.09. The molecule has 0 amide bonds. The molecule has 6 nitrogen and oxygen atoms in total. The monoisotopic (exact) mass is 364 g/mol. The maximum atomic E-state index is 11.9. The maximum absolute atomic E-state index is 11.9. The molecule has 26 heavy (non-hydrogen) atoms. The van der Waals surface area contributed by atoms with Gasteiger partial charge in [-0.2, -0.15) is 0 Å². The van der Waals surface area contributed by atoms with E-state index in [9.17, 15) is 20.1 Å². The van der Waals surface area contributed by atoms with Crippen molar-refractivity contribution in [2.24, 2.45) is 5.92 Å². The number of ether oxygens (including phenoxy) is 2. The molecule has 0 saturated heterocycles. The molecule has 0 radical (unpaired) electrons. The lowest BCUT2D eigenvalue weighted by atomic mass is 9.91. The van der Waals surface area contributed by atoms with Crippen LogP contribution in [0, 0.1) is 12.8 Å². The van der Waals surface area contributed by atoms with Crippen molar-refractivity contribution in [3.05, 3.63) is 33.9 Å². The first-order chi connectivity index (χ1) is 12.2. The molecule has 3 N–H and O–H groups in total. The first-order valence-corrected chi connectivity index (χ1v) is 8.95. The summed E-state index contributed by atoms with van der Waals surface area (Å²) >= 11 is 0. The number of cyclic esters (lactones) is 1. The van der Waals surface area contributed by atoms with Crippen LogP contribution in [-0.2, 0) is 17.8 Å². The van der Waals surface area contributed by atoms with E-state index in [2.05, 4.69) is 0 Å². The van der Waals surface area contributed by atoms with E-state index in [-0.39, 0.29) is 23.8 Å². The molecule has 3 rings (SSSR count). The molecule has 144 valence electrons. The minimum absolute atomic E-state index is 0.102. The molecular weight excluding hydrogens is 336 g/mol. The average molecular weight is 364 g/mol. The highest BCUT2D eigenvalue weighted by Crippen LogP contribution is 2.44. The summed E-state index contributed by atoms with van der Waals surface area (Å²) in [6.07, 6.45) is 3.43. The van der Waals surface area contributed by atoms with Crippen molar-refractivity contribution in [1.82, 2.24) is 0 Å². The summed E-state index contributed by atoms with van der Waals surface area (Å²) in [7, 11) is 1.53. The second kappa shape index (κ2) is 7.68. The maximum Gasteiger partial charge on any atom is 0.342 e. The smallest absolute Gasteiger partial charge is 0.342 e. The third-order valence-electron chi connectivity index (χ3n) is 5.02. The van der Waals surface area contributed by atoms with Crippen molar-refractivity contribution in [1.29, 1.82) is 0 Å². The van der Waals surface area contributed by atoms with E-state index in [1.807, 2.05) is 26.8 Å². The number of rotatable bonds is 4. The SMILES string of the molecule is CC.COc1c(C)c2c(c(O)c1CC1=CCC(C(C)(O)O)C1)C(=O)OC2. The fraction of sp³-hybridized carbons (Fsp3) is 0.550. The number of aliphatic hydroxyl groups is 2. The topological polar surface area (TPSA) is 96.2 Å². The average Bonchev–Trinajstić information content (AvgIpc) is 3.21. The van der Waals surface area contributed by atoms with Gasteiger partial charge in [0, 0.05) is 23.5 Å². The van der Waals surface area contributed by atoms with Crippen molar-refractivity contribution in [2.75, 3.05) is 7.11 Å². The number of phenols is 1. The van der Waals surface area contributed by atoms with Gasteiger partial charge in [0.25, 0.3) is 0 Å². The summed E-state index contributed by atoms with van der Waals surface area (Å²) < 4.78 is 10.5. The molecule has 1 atom stereocenters. The van der Waals surface area contributed by atoms with Gasteiger partial charge in [-0.3, -0.25) is 0 Å². The zero-order valence-electron chi connectivity index (χ0n) is 16.0. The number of aromatic hydroxyl groups is 1. The number of hydrogen-bond donors (Lipinski definition) is 3. The minimum atomic E-state index is -1.73. The van der Waals surface area contributed by atoms with Gasteiger partial charge in [-0.05, 0) is 32.3 Å². The lowest BCUT2D eigenvalue weighted by Gasteiger charge is -2.24. The normalized spacial score (nSPS) is 18.7. The fourth-order valence-electron chi connectivity index (χ4n) is 3.58. The van der Waals surface area contributed by atoms with Gasteiger partial charge in [-0.25, -0.2) is 4.79 Å². The number of benzene rings is 1. The largest absolute Gasteiger partial charge is 0.507 e. The van der Waals surface area contributed by atoms with Crippen LogP contribution < -0.4 is 4.74 Å². The highest BCUT2D eigenvalue weighted by atomic mass is 16.5. The Balaban J connectivity index is 0.00000117. The first-order valence-electron chi connectivity index (χ1n) is 8.95. The summed E-state index contributed by atoms with van der Waals surface area (Å²) in [6, 6.07) is 0. The van der Waals surface area contributed by atoms with Gasteiger partial charge in [-0.15, -0.1) is 0 Å². The van der Waals surface area contributed by atoms with Crippen LogP contribution in [0.25, 0.3) is 0 Å². The van der Waals surface area contributed by atoms with Gasteiger partial charge in [0.15, 0.2) is 5.79 Å². The van der Waals surface area contributed by atoms with E-state index in [4.69, 9.17) is 9.47 Å². The van der Waals surface area contributed by atoms with Crippen LogP contribution in [0.5, 0.6) is 11.5 Å². The number of hydrogen-bond acceptors (Lipinski definition) is 6. The van der Waals surface area contributed by atoms with Crippen LogP contribution in [0.2, 0.25) is 0 Å². The van der Waals surface area contributed by atoms with Crippen molar-refractivity contribution in [3.8, 4) is 11.5 Å². The van der Waals surface area contributed by atoms with E-state index in [1.165, 1.54) is 14.0 Å². The molecule has 1 aromatic rings. The standard InChI is InChI=1S/C18H22O6.C2H6/c1-9-13-8-24-17(20)14(13)15(19)12(16(9)23-3)7-10-4-5-11(6-10)18(2,21)22;1-2/h4,11,19,21-22H,5-8H2,1-3H3;1-2H3. The van der Waals surface area contributed by atoms with Crippen LogP contribution >= 0.6 is 0 Å². The quantitative estimate of drug-likeness (QED) is 0.432. The molecule has 6 heteroatoms. The Labute approximate surface area is 154 Å². The van der Waals surface area contributed by atoms with E-state index in [0.717, 1.165) is 11.1 Å². The Hall–Kier alpha value is -2.05. The predicted octanol–water partition coefficient (Wildman–Crippen LogP) is 2.99. The highest BCUT2D eigenvalue weighted by molar-refractivity contribution is 5.98. The number of methoxy groups -OCH3 is 1. The second-order valence-corrected chi connectivity index (χ2v) is 6.69. The molecule has 1 aliphatic carbocycles. The Kier molecular flexibility index (Phi) is 5.98. The molecule has 1 heterocycles.